The Balaban J connectivity index is 0.000000532. The predicted molar refractivity (Wildman–Crippen MR) is 82.5 cm³/mol. The molecule has 0 aromatic rings. The third kappa shape index (κ3) is 17.2. The normalized spacial score (nSPS) is 13.1. The molecular formula is C17H32O2. The summed E-state index contributed by atoms with van der Waals surface area (Å²) >= 11 is 0. The van der Waals surface area contributed by atoms with Crippen LogP contribution < -0.4 is 0 Å². The van der Waals surface area contributed by atoms with Gasteiger partial charge in [0.15, 0.2) is 0 Å². The van der Waals surface area contributed by atoms with Crippen molar-refractivity contribution in [2.75, 3.05) is 0 Å². The lowest BCUT2D eigenvalue weighted by molar-refractivity contribution is -0.137. The summed E-state index contributed by atoms with van der Waals surface area (Å²) in [6.07, 6.45) is 20.0. The molecule has 1 N–H and O–H groups in total. The Labute approximate surface area is 119 Å². The number of hydrogen-bond donors (Lipinski definition) is 1. The number of carboxylic acid groups (broad SMARTS) is 1. The number of rotatable bonds is 10. The third-order valence-corrected chi connectivity index (χ3v) is 3.40. The van der Waals surface area contributed by atoms with Crippen LogP contribution in [0.15, 0.2) is 12.2 Å². The lowest BCUT2D eigenvalue weighted by Gasteiger charge is -2.00. The summed E-state index contributed by atoms with van der Waals surface area (Å²) in [7, 11) is 0. The van der Waals surface area contributed by atoms with Gasteiger partial charge in [-0.25, -0.2) is 0 Å². The van der Waals surface area contributed by atoms with Crippen molar-refractivity contribution in [3.05, 3.63) is 12.2 Å². The van der Waals surface area contributed by atoms with Crippen LogP contribution in [-0.4, -0.2) is 11.1 Å². The highest BCUT2D eigenvalue weighted by molar-refractivity contribution is 5.66. The van der Waals surface area contributed by atoms with Gasteiger partial charge < -0.3 is 5.11 Å². The average molecular weight is 268 g/mol. The maximum absolute atomic E-state index is 10.2. The van der Waals surface area contributed by atoms with Gasteiger partial charge in [-0.15, -0.1) is 0 Å². The van der Waals surface area contributed by atoms with E-state index in [2.05, 4.69) is 19.1 Å². The lowest BCUT2D eigenvalue weighted by atomic mass is 10.1. The van der Waals surface area contributed by atoms with E-state index in [1.54, 1.807) is 0 Å². The van der Waals surface area contributed by atoms with Crippen LogP contribution in [0, 0.1) is 0 Å². The van der Waals surface area contributed by atoms with Crippen LogP contribution >= 0.6 is 0 Å². The highest BCUT2D eigenvalue weighted by Gasteiger charge is 1.96. The first kappa shape index (κ1) is 18.2. The van der Waals surface area contributed by atoms with Gasteiger partial charge in [0.05, 0.1) is 0 Å². The number of unbranched alkanes of at least 4 members (excludes halogenated alkanes) is 8. The topological polar surface area (TPSA) is 37.3 Å². The van der Waals surface area contributed by atoms with Crippen molar-refractivity contribution >= 4 is 5.97 Å². The summed E-state index contributed by atoms with van der Waals surface area (Å²) in [5.41, 5.74) is 0. The highest BCUT2D eigenvalue weighted by atomic mass is 16.4. The number of carboxylic acids is 1. The zero-order valence-electron chi connectivity index (χ0n) is 12.7. The zero-order valence-corrected chi connectivity index (χ0v) is 12.7. The minimum atomic E-state index is -0.659. The fraction of sp³-hybridized carbons (Fsp3) is 0.824. The lowest BCUT2D eigenvalue weighted by Crippen LogP contribution is -1.93. The maximum atomic E-state index is 10.2. The van der Waals surface area contributed by atoms with E-state index in [4.69, 9.17) is 5.11 Å². The van der Waals surface area contributed by atoms with Crippen LogP contribution in [0.3, 0.4) is 0 Å². The Morgan fingerprint density at radius 2 is 1.37 bits per heavy atom. The molecule has 1 aliphatic carbocycles. The molecule has 0 amide bonds. The molecular weight excluding hydrogens is 236 g/mol. The molecule has 0 bridgehead atoms. The first-order valence-corrected chi connectivity index (χ1v) is 8.14. The van der Waals surface area contributed by atoms with E-state index in [1.807, 2.05) is 0 Å². The van der Waals surface area contributed by atoms with Gasteiger partial charge in [0.1, 0.15) is 0 Å². The Morgan fingerprint density at radius 1 is 0.895 bits per heavy atom. The molecule has 2 nitrogen and oxygen atoms in total. The van der Waals surface area contributed by atoms with Crippen LogP contribution in [0.4, 0.5) is 0 Å². The van der Waals surface area contributed by atoms with Gasteiger partial charge in [-0.1, -0.05) is 70.4 Å². The molecule has 0 saturated heterocycles. The van der Waals surface area contributed by atoms with Crippen molar-refractivity contribution in [1.82, 2.24) is 0 Å². The molecule has 1 rings (SSSR count). The van der Waals surface area contributed by atoms with E-state index < -0.39 is 5.97 Å². The van der Waals surface area contributed by atoms with E-state index in [9.17, 15) is 4.79 Å². The number of carbonyl (C=O) groups is 1. The largest absolute Gasteiger partial charge is 0.481 e. The standard InChI is InChI=1S/C12H24O2.C5H8/c1-2-3-4-5-6-7-8-9-10-11-12(13)14;1-2-4-5-3-1/h2-11H2,1H3,(H,13,14);1-2H,3-5H2. The number of hydrogen-bond acceptors (Lipinski definition) is 1. The molecule has 2 heteroatoms. The zero-order chi connectivity index (χ0) is 14.2. The first-order chi connectivity index (χ1) is 9.27. The van der Waals surface area contributed by atoms with E-state index in [0.29, 0.717) is 6.42 Å². The number of aliphatic carboxylic acids is 1. The second-order valence-corrected chi connectivity index (χ2v) is 5.37. The van der Waals surface area contributed by atoms with Crippen LogP contribution in [0.5, 0.6) is 0 Å². The fourth-order valence-corrected chi connectivity index (χ4v) is 2.18. The van der Waals surface area contributed by atoms with Gasteiger partial charge in [0.25, 0.3) is 0 Å². The van der Waals surface area contributed by atoms with Crippen LogP contribution in [0.1, 0.15) is 90.4 Å². The van der Waals surface area contributed by atoms with Gasteiger partial charge >= 0.3 is 5.97 Å². The van der Waals surface area contributed by atoms with Crippen molar-refractivity contribution in [2.45, 2.75) is 90.4 Å². The molecule has 19 heavy (non-hydrogen) atoms. The average Bonchev–Trinajstić information content (AvgIpc) is 2.95. The summed E-state index contributed by atoms with van der Waals surface area (Å²) in [5, 5.41) is 8.41. The van der Waals surface area contributed by atoms with E-state index in [-0.39, 0.29) is 0 Å². The summed E-state index contributed by atoms with van der Waals surface area (Å²) in [6.45, 7) is 2.23. The smallest absolute Gasteiger partial charge is 0.303 e. The minimum absolute atomic E-state index is 0.343. The van der Waals surface area contributed by atoms with Gasteiger partial charge in [0, 0.05) is 6.42 Å². The van der Waals surface area contributed by atoms with Gasteiger partial charge in [-0.3, -0.25) is 4.79 Å². The molecule has 0 aliphatic heterocycles. The highest BCUT2D eigenvalue weighted by Crippen LogP contribution is 2.10. The van der Waals surface area contributed by atoms with Crippen molar-refractivity contribution in [3.63, 3.8) is 0 Å². The van der Waals surface area contributed by atoms with Crippen LogP contribution in [0.2, 0.25) is 0 Å². The Bertz CT molecular complexity index is 215. The van der Waals surface area contributed by atoms with Gasteiger partial charge in [0.2, 0.25) is 0 Å². The van der Waals surface area contributed by atoms with E-state index >= 15 is 0 Å². The predicted octanol–water partition coefficient (Wildman–Crippen LogP) is 5.72. The molecule has 112 valence electrons. The van der Waals surface area contributed by atoms with Gasteiger partial charge in [-0.2, -0.15) is 0 Å². The van der Waals surface area contributed by atoms with Crippen molar-refractivity contribution < 1.29 is 9.90 Å². The van der Waals surface area contributed by atoms with Crippen LogP contribution in [0.25, 0.3) is 0 Å². The van der Waals surface area contributed by atoms with Crippen molar-refractivity contribution in [2.24, 2.45) is 0 Å². The Hall–Kier alpha value is -0.790. The van der Waals surface area contributed by atoms with Crippen molar-refractivity contribution in [1.29, 1.82) is 0 Å². The maximum Gasteiger partial charge on any atom is 0.303 e. The quantitative estimate of drug-likeness (QED) is 0.406. The first-order valence-electron chi connectivity index (χ1n) is 8.14. The monoisotopic (exact) mass is 268 g/mol. The van der Waals surface area contributed by atoms with E-state index in [1.165, 1.54) is 64.2 Å². The SMILES string of the molecule is C1=CCCC1.CCCCCCCCCCCC(=O)O. The molecule has 0 spiro atoms. The molecule has 0 unspecified atom stereocenters. The van der Waals surface area contributed by atoms with E-state index in [0.717, 1.165) is 12.8 Å². The Kier molecular flexibility index (Phi) is 14.6. The third-order valence-electron chi connectivity index (χ3n) is 3.40. The molecule has 0 radical (unpaired) electrons. The summed E-state index contributed by atoms with van der Waals surface area (Å²) < 4.78 is 0. The molecule has 0 fully saturated rings. The van der Waals surface area contributed by atoms with Gasteiger partial charge in [-0.05, 0) is 25.7 Å². The number of allylic oxidation sites excluding steroid dienone is 2. The fourth-order valence-electron chi connectivity index (χ4n) is 2.18. The second-order valence-electron chi connectivity index (χ2n) is 5.37. The van der Waals surface area contributed by atoms with Crippen LogP contribution in [-0.2, 0) is 4.79 Å². The molecule has 0 saturated carbocycles. The Morgan fingerprint density at radius 3 is 1.74 bits per heavy atom. The molecule has 0 aromatic heterocycles. The molecule has 0 atom stereocenters. The summed E-state index contributed by atoms with van der Waals surface area (Å²) in [6, 6.07) is 0. The molecule has 0 aromatic carbocycles. The summed E-state index contributed by atoms with van der Waals surface area (Å²) in [5.74, 6) is -0.659. The molecule has 0 heterocycles. The minimum Gasteiger partial charge on any atom is -0.481 e. The molecule has 1 aliphatic rings. The second kappa shape index (κ2) is 15.3. The van der Waals surface area contributed by atoms with Crippen molar-refractivity contribution in [3.8, 4) is 0 Å². The summed E-state index contributed by atoms with van der Waals surface area (Å²) in [4.78, 5) is 10.2.